The summed E-state index contributed by atoms with van der Waals surface area (Å²) in [6, 6.07) is 5.38. The SMILES string of the molecule is Cc1ccc(N2C(=O)C[C@H](N3CCOCC3)C2=O)cc1C. The highest BCUT2D eigenvalue weighted by molar-refractivity contribution is 6.22. The standard InChI is InChI=1S/C16H20N2O3/c1-11-3-4-13(9-12(11)2)18-15(19)10-14(16(18)20)17-5-7-21-8-6-17/h3-4,9,14H,5-8,10H2,1-2H3/t14-/m0/s1. The van der Waals surface area contributed by atoms with Gasteiger partial charge in [-0.05, 0) is 37.1 Å². The van der Waals surface area contributed by atoms with Crippen molar-refractivity contribution in [2.75, 3.05) is 31.2 Å². The summed E-state index contributed by atoms with van der Waals surface area (Å²) in [6.07, 6.45) is 0.270. The Morgan fingerprint density at radius 2 is 1.81 bits per heavy atom. The molecule has 3 rings (SSSR count). The number of anilines is 1. The van der Waals surface area contributed by atoms with Crippen LogP contribution in [0.1, 0.15) is 17.5 Å². The molecule has 2 aliphatic rings. The van der Waals surface area contributed by atoms with E-state index < -0.39 is 0 Å². The van der Waals surface area contributed by atoms with E-state index in [0.717, 1.165) is 11.1 Å². The van der Waals surface area contributed by atoms with Gasteiger partial charge in [-0.2, -0.15) is 0 Å². The normalized spacial score (nSPS) is 23.9. The van der Waals surface area contributed by atoms with Crippen LogP contribution in [0.2, 0.25) is 0 Å². The summed E-state index contributed by atoms with van der Waals surface area (Å²) in [7, 11) is 0. The van der Waals surface area contributed by atoms with Crippen LogP contribution in [0.3, 0.4) is 0 Å². The van der Waals surface area contributed by atoms with Crippen LogP contribution < -0.4 is 4.90 Å². The third-order valence-corrected chi connectivity index (χ3v) is 4.36. The van der Waals surface area contributed by atoms with Crippen LogP contribution in [0.4, 0.5) is 5.69 Å². The first kappa shape index (κ1) is 14.2. The van der Waals surface area contributed by atoms with Crippen LogP contribution in [0, 0.1) is 13.8 Å². The Bertz CT molecular complexity index is 579. The molecule has 112 valence electrons. The zero-order valence-corrected chi connectivity index (χ0v) is 12.5. The lowest BCUT2D eigenvalue weighted by atomic mass is 10.1. The third kappa shape index (κ3) is 2.59. The number of rotatable bonds is 2. The molecule has 0 saturated carbocycles. The minimum Gasteiger partial charge on any atom is -0.379 e. The lowest BCUT2D eigenvalue weighted by Gasteiger charge is -2.30. The fourth-order valence-electron chi connectivity index (χ4n) is 2.93. The van der Waals surface area contributed by atoms with Gasteiger partial charge in [0.15, 0.2) is 0 Å². The molecule has 1 aromatic carbocycles. The first-order chi connectivity index (χ1) is 10.1. The molecule has 0 spiro atoms. The maximum atomic E-state index is 12.6. The number of hydrogen-bond acceptors (Lipinski definition) is 4. The summed E-state index contributed by atoms with van der Waals surface area (Å²) in [6.45, 7) is 6.69. The second kappa shape index (κ2) is 5.58. The van der Waals surface area contributed by atoms with Gasteiger partial charge in [-0.1, -0.05) is 6.07 Å². The molecule has 21 heavy (non-hydrogen) atoms. The van der Waals surface area contributed by atoms with E-state index in [-0.39, 0.29) is 24.3 Å². The summed E-state index contributed by atoms with van der Waals surface area (Å²) in [4.78, 5) is 28.3. The largest absolute Gasteiger partial charge is 0.379 e. The van der Waals surface area contributed by atoms with Crippen LogP contribution in [0.5, 0.6) is 0 Å². The molecule has 5 nitrogen and oxygen atoms in total. The van der Waals surface area contributed by atoms with Crippen LogP contribution in [0.15, 0.2) is 18.2 Å². The highest BCUT2D eigenvalue weighted by Gasteiger charge is 2.42. The zero-order valence-electron chi connectivity index (χ0n) is 12.5. The Morgan fingerprint density at radius 1 is 1.10 bits per heavy atom. The summed E-state index contributed by atoms with van der Waals surface area (Å²) in [5, 5.41) is 0. The van der Waals surface area contributed by atoms with Gasteiger partial charge in [0, 0.05) is 13.1 Å². The van der Waals surface area contributed by atoms with Crippen molar-refractivity contribution in [2.45, 2.75) is 26.3 Å². The average Bonchev–Trinajstić information content (AvgIpc) is 2.78. The molecule has 2 heterocycles. The highest BCUT2D eigenvalue weighted by Crippen LogP contribution is 2.27. The van der Waals surface area contributed by atoms with E-state index >= 15 is 0 Å². The molecular formula is C16H20N2O3. The van der Waals surface area contributed by atoms with E-state index in [9.17, 15) is 9.59 Å². The lowest BCUT2D eigenvalue weighted by Crippen LogP contribution is -2.47. The maximum Gasteiger partial charge on any atom is 0.251 e. The molecule has 1 aromatic rings. The second-order valence-electron chi connectivity index (χ2n) is 5.70. The summed E-state index contributed by atoms with van der Waals surface area (Å²) in [5.41, 5.74) is 2.93. The van der Waals surface area contributed by atoms with E-state index in [2.05, 4.69) is 4.90 Å². The number of benzene rings is 1. The van der Waals surface area contributed by atoms with Crippen molar-refractivity contribution in [3.63, 3.8) is 0 Å². The van der Waals surface area contributed by atoms with Crippen molar-refractivity contribution < 1.29 is 14.3 Å². The van der Waals surface area contributed by atoms with E-state index in [4.69, 9.17) is 4.74 Å². The van der Waals surface area contributed by atoms with Gasteiger partial charge < -0.3 is 4.74 Å². The Kier molecular flexibility index (Phi) is 3.78. The quantitative estimate of drug-likeness (QED) is 0.769. The molecule has 2 saturated heterocycles. The number of morpholine rings is 1. The Hall–Kier alpha value is -1.72. The molecule has 0 unspecified atom stereocenters. The summed E-state index contributed by atoms with van der Waals surface area (Å²) >= 11 is 0. The van der Waals surface area contributed by atoms with Gasteiger partial charge >= 0.3 is 0 Å². The number of carbonyl (C=O) groups excluding carboxylic acids is 2. The number of hydrogen-bond donors (Lipinski definition) is 0. The van der Waals surface area contributed by atoms with Gasteiger partial charge in [-0.3, -0.25) is 14.5 Å². The van der Waals surface area contributed by atoms with Crippen molar-refractivity contribution in [1.29, 1.82) is 0 Å². The number of imide groups is 1. The monoisotopic (exact) mass is 288 g/mol. The Balaban J connectivity index is 1.84. The fourth-order valence-corrected chi connectivity index (χ4v) is 2.93. The molecule has 0 N–H and O–H groups in total. The van der Waals surface area contributed by atoms with Crippen LogP contribution >= 0.6 is 0 Å². The predicted octanol–water partition coefficient (Wildman–Crippen LogP) is 1.27. The number of ether oxygens (including phenoxy) is 1. The topological polar surface area (TPSA) is 49.9 Å². The first-order valence-corrected chi connectivity index (χ1v) is 7.34. The van der Waals surface area contributed by atoms with Gasteiger partial charge in [-0.25, -0.2) is 4.90 Å². The van der Waals surface area contributed by atoms with Gasteiger partial charge in [0.2, 0.25) is 5.91 Å². The van der Waals surface area contributed by atoms with Gasteiger partial charge in [-0.15, -0.1) is 0 Å². The van der Waals surface area contributed by atoms with E-state index in [0.29, 0.717) is 32.0 Å². The molecule has 0 aliphatic carbocycles. The van der Waals surface area contributed by atoms with Crippen molar-refractivity contribution >= 4 is 17.5 Å². The minimum absolute atomic E-state index is 0.106. The molecule has 2 aliphatic heterocycles. The van der Waals surface area contributed by atoms with E-state index in [1.807, 2.05) is 32.0 Å². The third-order valence-electron chi connectivity index (χ3n) is 4.36. The summed E-state index contributed by atoms with van der Waals surface area (Å²) < 4.78 is 5.31. The predicted molar refractivity (Wildman–Crippen MR) is 79.2 cm³/mol. The van der Waals surface area contributed by atoms with Gasteiger partial charge in [0.05, 0.1) is 31.4 Å². The number of nitrogens with zero attached hydrogens (tertiary/aromatic N) is 2. The smallest absolute Gasteiger partial charge is 0.251 e. The molecule has 0 bridgehead atoms. The number of amides is 2. The number of carbonyl (C=O) groups is 2. The van der Waals surface area contributed by atoms with E-state index in [1.54, 1.807) is 0 Å². The Labute approximate surface area is 124 Å². The molecule has 5 heteroatoms. The fraction of sp³-hybridized carbons (Fsp3) is 0.500. The lowest BCUT2D eigenvalue weighted by molar-refractivity contribution is -0.123. The van der Waals surface area contributed by atoms with E-state index in [1.165, 1.54) is 4.90 Å². The molecule has 1 atom stereocenters. The number of aryl methyl sites for hydroxylation is 2. The molecule has 0 radical (unpaired) electrons. The molecule has 2 amide bonds. The maximum absolute atomic E-state index is 12.6. The first-order valence-electron chi connectivity index (χ1n) is 7.34. The zero-order chi connectivity index (χ0) is 15.0. The van der Waals surface area contributed by atoms with Crippen LogP contribution in [0.25, 0.3) is 0 Å². The second-order valence-corrected chi connectivity index (χ2v) is 5.70. The summed E-state index contributed by atoms with van der Waals surface area (Å²) in [5.74, 6) is -0.218. The van der Waals surface area contributed by atoms with Crippen molar-refractivity contribution in [1.82, 2.24) is 4.90 Å². The Morgan fingerprint density at radius 3 is 2.48 bits per heavy atom. The van der Waals surface area contributed by atoms with Gasteiger partial charge in [0.25, 0.3) is 5.91 Å². The molecular weight excluding hydrogens is 268 g/mol. The van der Waals surface area contributed by atoms with Gasteiger partial charge in [0.1, 0.15) is 0 Å². The van der Waals surface area contributed by atoms with Crippen LogP contribution in [-0.2, 0) is 14.3 Å². The molecule has 2 fully saturated rings. The highest BCUT2D eigenvalue weighted by atomic mass is 16.5. The van der Waals surface area contributed by atoms with Crippen molar-refractivity contribution in [2.24, 2.45) is 0 Å². The average molecular weight is 288 g/mol. The van der Waals surface area contributed by atoms with Crippen LogP contribution in [-0.4, -0.2) is 49.1 Å². The minimum atomic E-state index is -0.331. The van der Waals surface area contributed by atoms with Crippen molar-refractivity contribution in [3.05, 3.63) is 29.3 Å². The molecule has 0 aromatic heterocycles. The van der Waals surface area contributed by atoms with Crippen molar-refractivity contribution in [3.8, 4) is 0 Å².